The Morgan fingerprint density at radius 2 is 2.15 bits per heavy atom. The molecule has 4 heteroatoms. The summed E-state index contributed by atoms with van der Waals surface area (Å²) in [4.78, 5) is 7.83. The molecule has 1 saturated carbocycles. The van der Waals surface area contributed by atoms with Crippen LogP contribution in [-0.2, 0) is 0 Å². The standard InChI is InChI=1S/C9H10F2N2/c10-8(11)7-4-5-12-9(13-7)6-2-1-3-6/h4-6,8H,1-3H2. The summed E-state index contributed by atoms with van der Waals surface area (Å²) >= 11 is 0. The largest absolute Gasteiger partial charge is 0.280 e. The predicted octanol–water partition coefficient (Wildman–Crippen LogP) is 2.68. The van der Waals surface area contributed by atoms with Gasteiger partial charge in [0.25, 0.3) is 6.43 Å². The van der Waals surface area contributed by atoms with Crippen LogP contribution >= 0.6 is 0 Å². The van der Waals surface area contributed by atoms with E-state index in [2.05, 4.69) is 9.97 Å². The highest BCUT2D eigenvalue weighted by Gasteiger charge is 2.23. The molecule has 1 aliphatic carbocycles. The lowest BCUT2D eigenvalue weighted by Gasteiger charge is -2.23. The molecule has 1 aromatic heterocycles. The summed E-state index contributed by atoms with van der Waals surface area (Å²) in [5.74, 6) is 0.905. The van der Waals surface area contributed by atoms with Crippen molar-refractivity contribution < 1.29 is 8.78 Å². The van der Waals surface area contributed by atoms with Crippen LogP contribution in [0.3, 0.4) is 0 Å². The van der Waals surface area contributed by atoms with Crippen molar-refractivity contribution in [2.45, 2.75) is 31.6 Å². The molecule has 0 spiro atoms. The SMILES string of the molecule is FC(F)c1ccnc(C2CCC2)n1. The maximum absolute atomic E-state index is 12.2. The first-order valence-corrected chi connectivity index (χ1v) is 4.38. The van der Waals surface area contributed by atoms with E-state index in [1.165, 1.54) is 12.3 Å². The maximum Gasteiger partial charge on any atom is 0.280 e. The van der Waals surface area contributed by atoms with E-state index >= 15 is 0 Å². The molecule has 0 radical (unpaired) electrons. The lowest BCUT2D eigenvalue weighted by atomic mass is 9.85. The van der Waals surface area contributed by atoms with Crippen molar-refractivity contribution in [3.63, 3.8) is 0 Å². The minimum absolute atomic E-state index is 0.156. The highest BCUT2D eigenvalue weighted by molar-refractivity contribution is 5.08. The fourth-order valence-corrected chi connectivity index (χ4v) is 1.37. The zero-order chi connectivity index (χ0) is 9.26. The molecular weight excluding hydrogens is 174 g/mol. The van der Waals surface area contributed by atoms with Crippen LogP contribution in [0.15, 0.2) is 12.3 Å². The highest BCUT2D eigenvalue weighted by atomic mass is 19.3. The molecule has 1 aromatic rings. The van der Waals surface area contributed by atoms with Crippen LogP contribution in [-0.4, -0.2) is 9.97 Å². The van der Waals surface area contributed by atoms with Gasteiger partial charge in [0, 0.05) is 12.1 Å². The Balaban J connectivity index is 2.21. The Labute approximate surface area is 75.0 Å². The van der Waals surface area contributed by atoms with Crippen LogP contribution in [0.4, 0.5) is 8.78 Å². The molecule has 1 aliphatic rings. The molecule has 1 fully saturated rings. The second-order valence-corrected chi connectivity index (χ2v) is 3.27. The van der Waals surface area contributed by atoms with Gasteiger partial charge in [0.1, 0.15) is 11.5 Å². The summed E-state index contributed by atoms with van der Waals surface area (Å²) in [7, 11) is 0. The van der Waals surface area contributed by atoms with Crippen molar-refractivity contribution in [2.75, 3.05) is 0 Å². The van der Waals surface area contributed by atoms with Crippen molar-refractivity contribution >= 4 is 0 Å². The second kappa shape index (κ2) is 3.36. The van der Waals surface area contributed by atoms with Gasteiger partial charge in [0.2, 0.25) is 0 Å². The Morgan fingerprint density at radius 1 is 1.38 bits per heavy atom. The Bertz CT molecular complexity index is 297. The van der Waals surface area contributed by atoms with Gasteiger partial charge in [-0.25, -0.2) is 18.7 Å². The number of alkyl halides is 2. The van der Waals surface area contributed by atoms with Gasteiger partial charge in [-0.05, 0) is 18.9 Å². The van der Waals surface area contributed by atoms with Gasteiger partial charge in [0.15, 0.2) is 0 Å². The molecule has 0 bridgehead atoms. The Morgan fingerprint density at radius 3 is 2.69 bits per heavy atom. The number of hydrogen-bond donors (Lipinski definition) is 0. The maximum atomic E-state index is 12.2. The summed E-state index contributed by atoms with van der Waals surface area (Å²) in [6.07, 6.45) is 2.16. The van der Waals surface area contributed by atoms with E-state index in [0.29, 0.717) is 11.7 Å². The zero-order valence-electron chi connectivity index (χ0n) is 7.08. The molecule has 2 nitrogen and oxygen atoms in total. The Kier molecular flexibility index (Phi) is 2.20. The predicted molar refractivity (Wildman–Crippen MR) is 43.6 cm³/mol. The highest BCUT2D eigenvalue weighted by Crippen LogP contribution is 2.34. The number of nitrogens with zero attached hydrogens (tertiary/aromatic N) is 2. The van der Waals surface area contributed by atoms with Gasteiger partial charge in [-0.3, -0.25) is 0 Å². The van der Waals surface area contributed by atoms with E-state index in [1.807, 2.05) is 0 Å². The van der Waals surface area contributed by atoms with Gasteiger partial charge in [0.05, 0.1) is 0 Å². The van der Waals surface area contributed by atoms with E-state index in [9.17, 15) is 8.78 Å². The van der Waals surface area contributed by atoms with Crippen LogP contribution in [0.5, 0.6) is 0 Å². The van der Waals surface area contributed by atoms with Crippen LogP contribution < -0.4 is 0 Å². The second-order valence-electron chi connectivity index (χ2n) is 3.27. The van der Waals surface area contributed by atoms with Crippen molar-refractivity contribution in [3.8, 4) is 0 Å². The molecule has 0 N–H and O–H groups in total. The summed E-state index contributed by atoms with van der Waals surface area (Å²) < 4.78 is 24.5. The molecular formula is C9H10F2N2. The lowest BCUT2D eigenvalue weighted by Crippen LogP contribution is -2.13. The van der Waals surface area contributed by atoms with E-state index in [4.69, 9.17) is 0 Å². The van der Waals surface area contributed by atoms with E-state index in [0.717, 1.165) is 19.3 Å². The molecule has 13 heavy (non-hydrogen) atoms. The smallest absolute Gasteiger partial charge is 0.241 e. The van der Waals surface area contributed by atoms with Gasteiger partial charge >= 0.3 is 0 Å². The summed E-state index contributed by atoms with van der Waals surface area (Å²) in [6, 6.07) is 1.27. The fourth-order valence-electron chi connectivity index (χ4n) is 1.37. The molecule has 70 valence electrons. The Hall–Kier alpha value is -1.06. The first kappa shape index (κ1) is 8.53. The van der Waals surface area contributed by atoms with Crippen molar-refractivity contribution in [1.82, 2.24) is 9.97 Å². The minimum Gasteiger partial charge on any atom is -0.241 e. The topological polar surface area (TPSA) is 25.8 Å². The summed E-state index contributed by atoms with van der Waals surface area (Å²) in [5, 5.41) is 0. The summed E-state index contributed by atoms with van der Waals surface area (Å²) in [6.45, 7) is 0. The van der Waals surface area contributed by atoms with Crippen LogP contribution in [0.25, 0.3) is 0 Å². The molecule has 0 atom stereocenters. The minimum atomic E-state index is -2.48. The average molecular weight is 184 g/mol. The monoisotopic (exact) mass is 184 g/mol. The third-order valence-corrected chi connectivity index (χ3v) is 2.39. The van der Waals surface area contributed by atoms with Crippen LogP contribution in [0, 0.1) is 0 Å². The van der Waals surface area contributed by atoms with Crippen molar-refractivity contribution in [2.24, 2.45) is 0 Å². The quantitative estimate of drug-likeness (QED) is 0.706. The third-order valence-electron chi connectivity index (χ3n) is 2.39. The molecule has 2 rings (SSSR count). The molecule has 0 amide bonds. The van der Waals surface area contributed by atoms with Crippen LogP contribution in [0.1, 0.15) is 43.1 Å². The van der Waals surface area contributed by atoms with Gasteiger partial charge in [-0.2, -0.15) is 0 Å². The van der Waals surface area contributed by atoms with Crippen molar-refractivity contribution in [1.29, 1.82) is 0 Å². The summed E-state index contributed by atoms with van der Waals surface area (Å²) in [5.41, 5.74) is -0.156. The average Bonchev–Trinajstić information content (AvgIpc) is 2.01. The number of halogens is 2. The molecule has 1 heterocycles. The molecule has 0 aliphatic heterocycles. The molecule has 0 aromatic carbocycles. The van der Waals surface area contributed by atoms with Gasteiger partial charge in [-0.15, -0.1) is 0 Å². The normalized spacial score (nSPS) is 17.5. The number of aromatic nitrogens is 2. The van der Waals surface area contributed by atoms with Gasteiger partial charge < -0.3 is 0 Å². The number of hydrogen-bond acceptors (Lipinski definition) is 2. The van der Waals surface area contributed by atoms with Crippen molar-refractivity contribution in [3.05, 3.63) is 23.8 Å². The lowest BCUT2D eigenvalue weighted by molar-refractivity contribution is 0.145. The van der Waals surface area contributed by atoms with Gasteiger partial charge in [-0.1, -0.05) is 6.42 Å². The first-order chi connectivity index (χ1) is 6.27. The van der Waals surface area contributed by atoms with E-state index < -0.39 is 6.43 Å². The fraction of sp³-hybridized carbons (Fsp3) is 0.556. The molecule has 0 unspecified atom stereocenters. The zero-order valence-corrected chi connectivity index (χ0v) is 7.08. The van der Waals surface area contributed by atoms with Crippen LogP contribution in [0.2, 0.25) is 0 Å². The van der Waals surface area contributed by atoms with E-state index in [1.54, 1.807) is 0 Å². The first-order valence-electron chi connectivity index (χ1n) is 4.38. The third kappa shape index (κ3) is 1.66. The number of rotatable bonds is 2. The molecule has 0 saturated heterocycles. The van der Waals surface area contributed by atoms with E-state index in [-0.39, 0.29) is 5.69 Å².